The first kappa shape index (κ1) is 19.9. The van der Waals surface area contributed by atoms with Crippen LogP contribution in [0.15, 0.2) is 5.38 Å². The predicted molar refractivity (Wildman–Crippen MR) is 96.2 cm³/mol. The smallest absolute Gasteiger partial charge is 0.232 e. The van der Waals surface area contributed by atoms with Gasteiger partial charge in [0.1, 0.15) is 11.2 Å². The van der Waals surface area contributed by atoms with Crippen LogP contribution in [0.2, 0.25) is 0 Å². The van der Waals surface area contributed by atoms with Gasteiger partial charge in [0.05, 0.1) is 12.2 Å². The van der Waals surface area contributed by atoms with E-state index in [2.05, 4.69) is 31.8 Å². The van der Waals surface area contributed by atoms with Crippen LogP contribution in [0.25, 0.3) is 0 Å². The molecule has 0 spiro atoms. The monoisotopic (exact) mass is 357 g/mol. The molecule has 1 heterocycles. The highest BCUT2D eigenvalue weighted by atomic mass is 32.2. The van der Waals surface area contributed by atoms with Gasteiger partial charge in [-0.05, 0) is 14.1 Å². The minimum absolute atomic E-state index is 0.188. The van der Waals surface area contributed by atoms with E-state index in [9.17, 15) is 10.1 Å². The summed E-state index contributed by atoms with van der Waals surface area (Å²) in [6.07, 6.45) is 4.76. The lowest BCUT2D eigenvalue weighted by Crippen LogP contribution is -2.47. The van der Waals surface area contributed by atoms with Crippen molar-refractivity contribution in [3.63, 3.8) is 0 Å². The SMILES string of the molecule is C#CCNC(C[N+](=O)[O-])NCCSCc1csc(CN(C)C)n1. The molecule has 0 radical (unpaired) electrons. The first-order valence-corrected chi connectivity index (χ1v) is 9.22. The third-order valence-electron chi connectivity index (χ3n) is 2.72. The van der Waals surface area contributed by atoms with Crippen molar-refractivity contribution < 1.29 is 4.92 Å². The maximum absolute atomic E-state index is 10.6. The number of hydrogen-bond acceptors (Lipinski definition) is 8. The van der Waals surface area contributed by atoms with Crippen LogP contribution >= 0.6 is 23.1 Å². The van der Waals surface area contributed by atoms with E-state index in [1.807, 2.05) is 14.1 Å². The van der Waals surface area contributed by atoms with Crippen molar-refractivity contribution in [2.75, 3.05) is 39.5 Å². The zero-order valence-corrected chi connectivity index (χ0v) is 15.1. The van der Waals surface area contributed by atoms with Gasteiger partial charge in [0.25, 0.3) is 0 Å². The van der Waals surface area contributed by atoms with Crippen LogP contribution in [-0.4, -0.2) is 60.5 Å². The third kappa shape index (κ3) is 9.53. The number of nitrogens with zero attached hydrogens (tertiary/aromatic N) is 3. The summed E-state index contributed by atoms with van der Waals surface area (Å²) in [5.41, 5.74) is 1.09. The molecule has 1 aromatic heterocycles. The van der Waals surface area contributed by atoms with Crippen LogP contribution in [-0.2, 0) is 12.3 Å². The molecule has 0 bridgehead atoms. The fourth-order valence-electron chi connectivity index (χ4n) is 1.77. The highest BCUT2D eigenvalue weighted by Gasteiger charge is 2.12. The Kier molecular flexibility index (Phi) is 9.82. The Morgan fingerprint density at radius 1 is 1.57 bits per heavy atom. The van der Waals surface area contributed by atoms with E-state index in [-0.39, 0.29) is 11.5 Å². The van der Waals surface area contributed by atoms with Crippen molar-refractivity contribution in [2.45, 2.75) is 18.5 Å². The zero-order valence-electron chi connectivity index (χ0n) is 13.4. The van der Waals surface area contributed by atoms with Gasteiger partial charge in [0.2, 0.25) is 6.54 Å². The van der Waals surface area contributed by atoms with E-state index in [4.69, 9.17) is 6.42 Å². The maximum Gasteiger partial charge on any atom is 0.232 e. The number of rotatable bonds is 12. The number of aromatic nitrogens is 1. The van der Waals surface area contributed by atoms with Gasteiger partial charge in [0.15, 0.2) is 0 Å². The lowest BCUT2D eigenvalue weighted by Gasteiger charge is -2.14. The van der Waals surface area contributed by atoms with Crippen LogP contribution in [0, 0.1) is 22.5 Å². The first-order valence-electron chi connectivity index (χ1n) is 7.19. The van der Waals surface area contributed by atoms with E-state index in [0.29, 0.717) is 13.1 Å². The fourth-order valence-corrected chi connectivity index (χ4v) is 3.55. The number of thioether (sulfide) groups is 1. The maximum atomic E-state index is 10.6. The van der Waals surface area contributed by atoms with Crippen LogP contribution in [0.3, 0.4) is 0 Å². The van der Waals surface area contributed by atoms with Gasteiger partial charge in [-0.1, -0.05) is 5.92 Å². The molecule has 0 fully saturated rings. The fraction of sp³-hybridized carbons (Fsp3) is 0.643. The quantitative estimate of drug-likeness (QED) is 0.189. The minimum atomic E-state index is -0.396. The van der Waals surface area contributed by atoms with Crippen molar-refractivity contribution in [3.8, 4) is 12.3 Å². The van der Waals surface area contributed by atoms with Crippen LogP contribution < -0.4 is 10.6 Å². The number of thiazole rings is 1. The second kappa shape index (κ2) is 11.4. The largest absolute Gasteiger partial charge is 0.303 e. The molecule has 9 heteroatoms. The summed E-state index contributed by atoms with van der Waals surface area (Å²) < 4.78 is 0. The Labute approximate surface area is 145 Å². The molecule has 0 saturated heterocycles. The summed E-state index contributed by atoms with van der Waals surface area (Å²) in [6, 6.07) is 0. The summed E-state index contributed by atoms with van der Waals surface area (Å²) in [5.74, 6) is 4.12. The van der Waals surface area contributed by atoms with Crippen molar-refractivity contribution in [3.05, 3.63) is 26.2 Å². The number of nitro groups is 1. The average Bonchev–Trinajstić information content (AvgIpc) is 2.90. The van der Waals surface area contributed by atoms with Crippen LogP contribution in [0.5, 0.6) is 0 Å². The van der Waals surface area contributed by atoms with E-state index < -0.39 is 6.17 Å². The molecular formula is C14H23N5O2S2. The molecule has 0 aromatic carbocycles. The van der Waals surface area contributed by atoms with Gasteiger partial charge in [-0.25, -0.2) is 4.98 Å². The van der Waals surface area contributed by atoms with Gasteiger partial charge in [0, 0.05) is 34.9 Å². The van der Waals surface area contributed by atoms with Crippen LogP contribution in [0.1, 0.15) is 10.7 Å². The van der Waals surface area contributed by atoms with Gasteiger partial charge in [-0.3, -0.25) is 20.7 Å². The topological polar surface area (TPSA) is 83.3 Å². The summed E-state index contributed by atoms with van der Waals surface area (Å²) >= 11 is 3.43. The van der Waals surface area contributed by atoms with E-state index in [1.54, 1.807) is 23.1 Å². The summed E-state index contributed by atoms with van der Waals surface area (Å²) in [6.45, 7) is 1.66. The summed E-state index contributed by atoms with van der Waals surface area (Å²) in [7, 11) is 4.05. The standard InChI is InChI=1S/C14H23N5O2S2/c1-4-5-15-13(8-19(20)21)16-6-7-22-10-12-11-23-14(17-12)9-18(2)3/h1,11,13,15-16H,5-10H2,2-3H3. The van der Waals surface area contributed by atoms with Crippen molar-refractivity contribution in [1.29, 1.82) is 0 Å². The van der Waals surface area contributed by atoms with Gasteiger partial charge >= 0.3 is 0 Å². The minimum Gasteiger partial charge on any atom is -0.303 e. The average molecular weight is 358 g/mol. The zero-order chi connectivity index (χ0) is 17.1. The van der Waals surface area contributed by atoms with Crippen molar-refractivity contribution in [2.24, 2.45) is 0 Å². The van der Waals surface area contributed by atoms with Crippen LogP contribution in [0.4, 0.5) is 0 Å². The van der Waals surface area contributed by atoms with Gasteiger partial charge < -0.3 is 4.90 Å². The molecule has 1 unspecified atom stereocenters. The molecule has 0 aliphatic heterocycles. The van der Waals surface area contributed by atoms with Crippen molar-refractivity contribution in [1.82, 2.24) is 20.5 Å². The molecule has 7 nitrogen and oxygen atoms in total. The molecule has 128 valence electrons. The molecule has 0 aliphatic rings. The second-order valence-electron chi connectivity index (χ2n) is 5.13. The van der Waals surface area contributed by atoms with Gasteiger partial charge in [-0.2, -0.15) is 11.8 Å². The first-order chi connectivity index (χ1) is 11.0. The van der Waals surface area contributed by atoms with Gasteiger partial charge in [-0.15, -0.1) is 17.8 Å². The summed E-state index contributed by atoms with van der Waals surface area (Å²) in [4.78, 5) is 16.9. The molecule has 0 amide bonds. The van der Waals surface area contributed by atoms with E-state index in [1.165, 1.54) is 0 Å². The molecule has 2 N–H and O–H groups in total. The molecule has 0 aliphatic carbocycles. The highest BCUT2D eigenvalue weighted by Crippen LogP contribution is 2.16. The Hall–Kier alpha value is -1.18. The Morgan fingerprint density at radius 3 is 3.00 bits per heavy atom. The summed E-state index contributed by atoms with van der Waals surface area (Å²) in [5, 5.41) is 19.8. The van der Waals surface area contributed by atoms with Crippen molar-refractivity contribution >= 4 is 23.1 Å². The van der Waals surface area contributed by atoms with E-state index in [0.717, 1.165) is 28.8 Å². The Bertz CT molecular complexity index is 516. The highest BCUT2D eigenvalue weighted by molar-refractivity contribution is 7.98. The lowest BCUT2D eigenvalue weighted by atomic mass is 10.4. The predicted octanol–water partition coefficient (Wildman–Crippen LogP) is 0.853. The molecule has 1 rings (SSSR count). The Morgan fingerprint density at radius 2 is 2.35 bits per heavy atom. The lowest BCUT2D eigenvalue weighted by molar-refractivity contribution is -0.484. The van der Waals surface area contributed by atoms with E-state index >= 15 is 0 Å². The normalized spacial score (nSPS) is 12.3. The molecule has 1 atom stereocenters. The molecule has 23 heavy (non-hydrogen) atoms. The number of terminal acetylenes is 1. The molecule has 1 aromatic rings. The molecule has 0 saturated carbocycles. The second-order valence-corrected chi connectivity index (χ2v) is 7.18. The molecular weight excluding hydrogens is 334 g/mol. The Balaban J connectivity index is 2.21. The third-order valence-corrected chi connectivity index (χ3v) is 4.60. The number of hydrogen-bond donors (Lipinski definition) is 2. The number of nitrogens with one attached hydrogen (secondary N) is 2.